The molecule has 1 aromatic heterocycles. The second kappa shape index (κ2) is 6.38. The Balaban J connectivity index is 2.33. The van der Waals surface area contributed by atoms with E-state index in [9.17, 15) is 9.18 Å². The molecule has 1 aromatic carbocycles. The number of rotatable bonds is 3. The SMILES string of the molecule is Cc1cc(Br)c(NC(=O)c2ccnc(NN)c2F)cc1Cl. The number of hydrogen-bond donors (Lipinski definition) is 3. The number of hydrogen-bond acceptors (Lipinski definition) is 4. The molecule has 0 spiro atoms. The van der Waals surface area contributed by atoms with Crippen LogP contribution < -0.4 is 16.6 Å². The van der Waals surface area contributed by atoms with Gasteiger partial charge in [0, 0.05) is 15.7 Å². The number of carbonyl (C=O) groups is 1. The summed E-state index contributed by atoms with van der Waals surface area (Å²) in [6.07, 6.45) is 1.28. The van der Waals surface area contributed by atoms with Gasteiger partial charge in [-0.1, -0.05) is 11.6 Å². The van der Waals surface area contributed by atoms with Gasteiger partial charge in [0.1, 0.15) is 0 Å². The quantitative estimate of drug-likeness (QED) is 0.568. The molecule has 1 heterocycles. The number of halogens is 3. The minimum Gasteiger partial charge on any atom is -0.321 e. The van der Waals surface area contributed by atoms with Crippen LogP contribution in [0.5, 0.6) is 0 Å². The van der Waals surface area contributed by atoms with Gasteiger partial charge in [-0.15, -0.1) is 0 Å². The zero-order valence-corrected chi connectivity index (χ0v) is 13.2. The third kappa shape index (κ3) is 3.31. The van der Waals surface area contributed by atoms with E-state index < -0.39 is 11.7 Å². The molecule has 0 aliphatic rings. The molecule has 0 atom stereocenters. The van der Waals surface area contributed by atoms with Gasteiger partial charge in [0.05, 0.1) is 11.3 Å². The van der Waals surface area contributed by atoms with Gasteiger partial charge in [0.2, 0.25) is 0 Å². The zero-order valence-electron chi connectivity index (χ0n) is 10.9. The number of benzene rings is 1. The predicted molar refractivity (Wildman–Crippen MR) is 83.8 cm³/mol. The van der Waals surface area contributed by atoms with E-state index in [1.807, 2.05) is 6.92 Å². The number of nitrogens with one attached hydrogen (secondary N) is 2. The fourth-order valence-corrected chi connectivity index (χ4v) is 2.37. The van der Waals surface area contributed by atoms with E-state index in [4.69, 9.17) is 17.4 Å². The van der Waals surface area contributed by atoms with Crippen molar-refractivity contribution >= 4 is 44.9 Å². The molecule has 1 amide bonds. The molecule has 0 fully saturated rings. The van der Waals surface area contributed by atoms with Gasteiger partial charge < -0.3 is 10.7 Å². The van der Waals surface area contributed by atoms with Gasteiger partial charge >= 0.3 is 0 Å². The lowest BCUT2D eigenvalue weighted by Gasteiger charge is -2.11. The Labute approximate surface area is 133 Å². The maximum absolute atomic E-state index is 14.0. The average molecular weight is 374 g/mol. The monoisotopic (exact) mass is 372 g/mol. The third-order valence-electron chi connectivity index (χ3n) is 2.77. The first kappa shape index (κ1) is 15.7. The molecule has 0 bridgehead atoms. The summed E-state index contributed by atoms with van der Waals surface area (Å²) in [7, 11) is 0. The molecule has 4 N–H and O–H groups in total. The number of nitrogens with zero attached hydrogens (tertiary/aromatic N) is 1. The number of amides is 1. The average Bonchev–Trinajstić information content (AvgIpc) is 2.44. The summed E-state index contributed by atoms with van der Waals surface area (Å²) in [4.78, 5) is 15.8. The maximum Gasteiger partial charge on any atom is 0.258 e. The Bertz CT molecular complexity index is 711. The van der Waals surface area contributed by atoms with Crippen LogP contribution in [0, 0.1) is 12.7 Å². The van der Waals surface area contributed by atoms with Crippen molar-refractivity contribution in [2.45, 2.75) is 6.92 Å². The predicted octanol–water partition coefficient (Wildman–Crippen LogP) is 3.48. The zero-order chi connectivity index (χ0) is 15.6. The Hall–Kier alpha value is -1.70. The molecule has 2 aromatic rings. The molecule has 21 heavy (non-hydrogen) atoms. The molecule has 0 aliphatic heterocycles. The van der Waals surface area contributed by atoms with Crippen molar-refractivity contribution in [3.63, 3.8) is 0 Å². The van der Waals surface area contributed by atoms with Crippen LogP contribution in [0.25, 0.3) is 0 Å². The molecular formula is C13H11BrClFN4O. The Kier molecular flexibility index (Phi) is 4.76. The van der Waals surface area contributed by atoms with Gasteiger partial charge in [-0.3, -0.25) is 4.79 Å². The van der Waals surface area contributed by atoms with Crippen molar-refractivity contribution in [2.75, 3.05) is 10.7 Å². The number of pyridine rings is 1. The Morgan fingerprint density at radius 2 is 2.19 bits per heavy atom. The smallest absolute Gasteiger partial charge is 0.258 e. The highest BCUT2D eigenvalue weighted by Crippen LogP contribution is 2.29. The third-order valence-corrected chi connectivity index (χ3v) is 3.83. The van der Waals surface area contributed by atoms with Crippen LogP contribution in [-0.2, 0) is 0 Å². The summed E-state index contributed by atoms with van der Waals surface area (Å²) < 4.78 is 14.6. The van der Waals surface area contributed by atoms with Crippen LogP contribution >= 0.6 is 27.5 Å². The lowest BCUT2D eigenvalue weighted by atomic mass is 10.2. The van der Waals surface area contributed by atoms with Crippen molar-refractivity contribution < 1.29 is 9.18 Å². The number of anilines is 2. The number of nitrogen functional groups attached to an aromatic ring is 1. The van der Waals surface area contributed by atoms with E-state index in [1.165, 1.54) is 12.3 Å². The first-order valence-corrected chi connectivity index (χ1v) is 6.99. The second-order valence-corrected chi connectivity index (χ2v) is 5.46. The van der Waals surface area contributed by atoms with E-state index >= 15 is 0 Å². The van der Waals surface area contributed by atoms with Crippen LogP contribution in [0.2, 0.25) is 5.02 Å². The number of nitrogens with two attached hydrogens (primary N) is 1. The van der Waals surface area contributed by atoms with Crippen molar-refractivity contribution in [1.82, 2.24) is 4.98 Å². The van der Waals surface area contributed by atoms with E-state index in [2.05, 4.69) is 31.7 Å². The number of carbonyl (C=O) groups excluding carboxylic acids is 1. The molecule has 0 unspecified atom stereocenters. The maximum atomic E-state index is 14.0. The molecule has 0 aliphatic carbocycles. The number of aromatic nitrogens is 1. The van der Waals surface area contributed by atoms with E-state index in [0.717, 1.165) is 5.56 Å². The fraction of sp³-hybridized carbons (Fsp3) is 0.0769. The summed E-state index contributed by atoms with van der Waals surface area (Å²) in [5, 5.41) is 3.07. The molecular weight excluding hydrogens is 363 g/mol. The lowest BCUT2D eigenvalue weighted by molar-refractivity contribution is 0.102. The summed E-state index contributed by atoms with van der Waals surface area (Å²) in [6, 6.07) is 4.60. The number of hydrazine groups is 1. The lowest BCUT2D eigenvalue weighted by Crippen LogP contribution is -2.17. The largest absolute Gasteiger partial charge is 0.321 e. The van der Waals surface area contributed by atoms with Gasteiger partial charge in [0.25, 0.3) is 5.91 Å². The van der Waals surface area contributed by atoms with Crippen LogP contribution in [0.4, 0.5) is 15.9 Å². The van der Waals surface area contributed by atoms with Gasteiger partial charge in [-0.05, 0) is 46.6 Å². The Morgan fingerprint density at radius 3 is 2.86 bits per heavy atom. The summed E-state index contributed by atoms with van der Waals surface area (Å²) in [5.41, 5.74) is 3.20. The summed E-state index contributed by atoms with van der Waals surface area (Å²) >= 11 is 9.33. The molecule has 0 radical (unpaired) electrons. The normalized spacial score (nSPS) is 10.3. The molecule has 110 valence electrons. The highest BCUT2D eigenvalue weighted by atomic mass is 79.9. The fourth-order valence-electron chi connectivity index (χ4n) is 1.65. The highest BCUT2D eigenvalue weighted by Gasteiger charge is 2.17. The molecule has 0 saturated heterocycles. The standard InChI is InChI=1S/C13H11BrClFN4O/c1-6-4-8(14)10(5-9(6)15)19-13(21)7-2-3-18-12(20-17)11(7)16/h2-5H,17H2,1H3,(H,18,20)(H,19,21). The van der Waals surface area contributed by atoms with Gasteiger partial charge in [-0.2, -0.15) is 0 Å². The van der Waals surface area contributed by atoms with Crippen LogP contribution in [0.3, 0.4) is 0 Å². The molecule has 0 saturated carbocycles. The first-order valence-electron chi connectivity index (χ1n) is 5.82. The second-order valence-electron chi connectivity index (χ2n) is 4.20. The van der Waals surface area contributed by atoms with Crippen LogP contribution in [-0.4, -0.2) is 10.9 Å². The van der Waals surface area contributed by atoms with E-state index in [1.54, 1.807) is 12.1 Å². The van der Waals surface area contributed by atoms with Crippen LogP contribution in [0.1, 0.15) is 15.9 Å². The summed E-state index contributed by atoms with van der Waals surface area (Å²) in [6.45, 7) is 1.83. The first-order chi connectivity index (χ1) is 9.93. The van der Waals surface area contributed by atoms with Gasteiger partial charge in [-0.25, -0.2) is 15.2 Å². The minimum absolute atomic E-state index is 0.179. The van der Waals surface area contributed by atoms with Gasteiger partial charge in [0.15, 0.2) is 11.6 Å². The topological polar surface area (TPSA) is 80.0 Å². The van der Waals surface area contributed by atoms with E-state index in [0.29, 0.717) is 15.2 Å². The molecule has 8 heteroatoms. The van der Waals surface area contributed by atoms with Crippen molar-refractivity contribution in [3.05, 3.63) is 50.8 Å². The van der Waals surface area contributed by atoms with Crippen molar-refractivity contribution in [3.8, 4) is 0 Å². The molecule has 5 nitrogen and oxygen atoms in total. The summed E-state index contributed by atoms with van der Waals surface area (Å²) in [5.74, 6) is 3.46. The van der Waals surface area contributed by atoms with E-state index in [-0.39, 0.29) is 11.4 Å². The van der Waals surface area contributed by atoms with Crippen LogP contribution in [0.15, 0.2) is 28.9 Å². The van der Waals surface area contributed by atoms with Crippen molar-refractivity contribution in [2.24, 2.45) is 5.84 Å². The Morgan fingerprint density at radius 1 is 1.48 bits per heavy atom. The highest BCUT2D eigenvalue weighted by molar-refractivity contribution is 9.10. The molecule has 2 rings (SSSR count). The number of aryl methyl sites for hydroxylation is 1. The minimum atomic E-state index is -0.827. The van der Waals surface area contributed by atoms with Crippen molar-refractivity contribution in [1.29, 1.82) is 0 Å².